The first kappa shape index (κ1) is 31.3. The van der Waals surface area contributed by atoms with Crippen LogP contribution in [0.4, 0.5) is 0 Å². The van der Waals surface area contributed by atoms with E-state index >= 15 is 0 Å². The van der Waals surface area contributed by atoms with Crippen molar-refractivity contribution in [3.8, 4) is 0 Å². The molecule has 0 aromatic rings. The standard InChI is InChI=1S/C26H44N4O6/c1-21-13-7-3-5-9-19-35-25(33)17-12-18-26(34)36-20-10-6-4-8-14-22(2)28-30-24(32)16-11-15-23(31)29-27-21/h3-20H2,1-2H3,(H,29,31)(H,30,32). The zero-order valence-electron chi connectivity index (χ0n) is 22.1. The van der Waals surface area contributed by atoms with Crippen LogP contribution in [0.3, 0.4) is 0 Å². The molecule has 2 N–H and O–H groups in total. The maximum Gasteiger partial charge on any atom is 0.305 e. The Morgan fingerprint density at radius 2 is 0.889 bits per heavy atom. The summed E-state index contributed by atoms with van der Waals surface area (Å²) in [5, 5.41) is 8.24. The predicted octanol–water partition coefficient (Wildman–Crippen LogP) is 4.31. The minimum atomic E-state index is -0.278. The van der Waals surface area contributed by atoms with Gasteiger partial charge in [0.2, 0.25) is 11.8 Å². The molecule has 1 rings (SSSR count). The summed E-state index contributed by atoms with van der Waals surface area (Å²) in [4.78, 5) is 47.5. The third kappa shape index (κ3) is 18.5. The Balaban J connectivity index is 2.44. The van der Waals surface area contributed by atoms with Crippen molar-refractivity contribution < 1.29 is 28.7 Å². The van der Waals surface area contributed by atoms with E-state index in [0.29, 0.717) is 26.1 Å². The number of amides is 2. The SMILES string of the molecule is CC1=NNC(=O)CCCC(=O)NN=C(C)CCCCCCOC(=O)CCCC(=O)OCCCCCC1. The van der Waals surface area contributed by atoms with Crippen LogP contribution in [0.1, 0.15) is 117 Å². The number of hydrogen-bond donors (Lipinski definition) is 2. The molecule has 0 aliphatic carbocycles. The zero-order valence-corrected chi connectivity index (χ0v) is 22.1. The normalized spacial score (nSPS) is 21.1. The van der Waals surface area contributed by atoms with Gasteiger partial charge >= 0.3 is 11.9 Å². The number of hydrogen-bond acceptors (Lipinski definition) is 8. The van der Waals surface area contributed by atoms with Crippen LogP contribution in [0, 0.1) is 0 Å². The Morgan fingerprint density at radius 3 is 1.33 bits per heavy atom. The first-order valence-corrected chi connectivity index (χ1v) is 13.3. The molecule has 0 bridgehead atoms. The average Bonchev–Trinajstić information content (AvgIpc) is 2.84. The van der Waals surface area contributed by atoms with Crippen molar-refractivity contribution >= 4 is 35.2 Å². The first-order valence-electron chi connectivity index (χ1n) is 13.3. The van der Waals surface area contributed by atoms with E-state index in [4.69, 9.17) is 9.47 Å². The van der Waals surface area contributed by atoms with Crippen molar-refractivity contribution in [3.63, 3.8) is 0 Å². The number of carbonyl (C=O) groups is 4. The maximum absolute atomic E-state index is 11.9. The van der Waals surface area contributed by atoms with E-state index in [2.05, 4.69) is 21.1 Å². The highest BCUT2D eigenvalue weighted by atomic mass is 16.5. The van der Waals surface area contributed by atoms with Gasteiger partial charge in [0.1, 0.15) is 0 Å². The van der Waals surface area contributed by atoms with Gasteiger partial charge in [-0.05, 0) is 65.2 Å². The van der Waals surface area contributed by atoms with Crippen LogP contribution in [0.15, 0.2) is 10.2 Å². The molecule has 0 aromatic carbocycles. The Hall–Kier alpha value is -2.78. The van der Waals surface area contributed by atoms with E-state index in [1.807, 2.05) is 13.8 Å². The fourth-order valence-corrected chi connectivity index (χ4v) is 3.51. The fraction of sp³-hybridized carbons (Fsp3) is 0.769. The second-order valence-corrected chi connectivity index (χ2v) is 9.24. The van der Waals surface area contributed by atoms with Gasteiger partial charge in [0.25, 0.3) is 0 Å². The number of hydrazone groups is 2. The van der Waals surface area contributed by atoms with Crippen LogP contribution in [0.5, 0.6) is 0 Å². The Bertz CT molecular complexity index is 691. The van der Waals surface area contributed by atoms with Crippen LogP contribution in [0.25, 0.3) is 0 Å². The summed E-state index contributed by atoms with van der Waals surface area (Å²) >= 11 is 0. The second kappa shape index (κ2) is 20.4. The zero-order chi connectivity index (χ0) is 26.4. The molecule has 36 heavy (non-hydrogen) atoms. The lowest BCUT2D eigenvalue weighted by Gasteiger charge is -2.07. The third-order valence-corrected chi connectivity index (χ3v) is 5.70. The van der Waals surface area contributed by atoms with E-state index in [9.17, 15) is 19.2 Å². The highest BCUT2D eigenvalue weighted by molar-refractivity contribution is 5.85. The number of cyclic esters (lactones) is 2. The van der Waals surface area contributed by atoms with Gasteiger partial charge in [-0.2, -0.15) is 10.2 Å². The molecule has 10 nitrogen and oxygen atoms in total. The molecule has 0 radical (unpaired) electrons. The van der Waals surface area contributed by atoms with Crippen LogP contribution < -0.4 is 10.9 Å². The fourth-order valence-electron chi connectivity index (χ4n) is 3.51. The molecule has 2 amide bonds. The summed E-state index contributed by atoms with van der Waals surface area (Å²) in [6, 6.07) is 0. The van der Waals surface area contributed by atoms with Crippen molar-refractivity contribution in [1.82, 2.24) is 10.9 Å². The van der Waals surface area contributed by atoms with Gasteiger partial charge in [0, 0.05) is 37.1 Å². The van der Waals surface area contributed by atoms with Gasteiger partial charge in [-0.25, -0.2) is 10.9 Å². The molecule has 0 unspecified atom stereocenters. The van der Waals surface area contributed by atoms with Crippen LogP contribution in [-0.2, 0) is 28.7 Å². The minimum absolute atomic E-state index is 0.210. The molecule has 0 fully saturated rings. The van der Waals surface area contributed by atoms with Gasteiger partial charge < -0.3 is 9.47 Å². The largest absolute Gasteiger partial charge is 0.466 e. The van der Waals surface area contributed by atoms with E-state index < -0.39 is 0 Å². The molecule has 204 valence electrons. The molecule has 0 saturated heterocycles. The van der Waals surface area contributed by atoms with Gasteiger partial charge in [0.05, 0.1) is 13.2 Å². The van der Waals surface area contributed by atoms with E-state index in [1.54, 1.807) is 0 Å². The molecule has 1 aliphatic heterocycles. The predicted molar refractivity (Wildman–Crippen MR) is 138 cm³/mol. The summed E-state index contributed by atoms with van der Waals surface area (Å²) in [6.45, 7) is 4.51. The van der Waals surface area contributed by atoms with Crippen LogP contribution in [-0.4, -0.2) is 48.4 Å². The number of carbonyl (C=O) groups excluding carboxylic acids is 4. The number of esters is 2. The van der Waals surface area contributed by atoms with Gasteiger partial charge in [-0.15, -0.1) is 0 Å². The van der Waals surface area contributed by atoms with Crippen molar-refractivity contribution in [2.45, 2.75) is 117 Å². The Kier molecular flexibility index (Phi) is 17.7. The molecular weight excluding hydrogens is 464 g/mol. The van der Waals surface area contributed by atoms with E-state index in [1.165, 1.54) is 0 Å². The quantitative estimate of drug-likeness (QED) is 0.468. The summed E-state index contributed by atoms with van der Waals surface area (Å²) in [5.74, 6) is -0.977. The molecule has 0 spiro atoms. The number of nitrogens with zero attached hydrogens (tertiary/aromatic N) is 2. The minimum Gasteiger partial charge on any atom is -0.466 e. The van der Waals surface area contributed by atoms with Crippen molar-refractivity contribution in [2.24, 2.45) is 10.2 Å². The summed E-state index contributed by atoms with van der Waals surface area (Å²) in [5.41, 5.74) is 6.78. The molecule has 10 heteroatoms. The summed E-state index contributed by atoms with van der Waals surface area (Å²) in [7, 11) is 0. The molecule has 1 heterocycles. The van der Waals surface area contributed by atoms with Crippen molar-refractivity contribution in [1.29, 1.82) is 0 Å². The van der Waals surface area contributed by atoms with E-state index in [-0.39, 0.29) is 49.4 Å². The van der Waals surface area contributed by atoms with Crippen molar-refractivity contribution in [2.75, 3.05) is 13.2 Å². The maximum atomic E-state index is 11.9. The van der Waals surface area contributed by atoms with E-state index in [0.717, 1.165) is 75.6 Å². The molecule has 0 saturated carbocycles. The first-order chi connectivity index (χ1) is 17.4. The molecule has 1 aliphatic rings. The van der Waals surface area contributed by atoms with Gasteiger partial charge in [-0.3, -0.25) is 19.2 Å². The Morgan fingerprint density at radius 1 is 0.500 bits per heavy atom. The monoisotopic (exact) mass is 508 g/mol. The summed E-state index contributed by atoms with van der Waals surface area (Å²) < 4.78 is 10.4. The number of ether oxygens (including phenoxy) is 2. The van der Waals surface area contributed by atoms with Crippen LogP contribution in [0.2, 0.25) is 0 Å². The molecular formula is C26H44N4O6. The summed E-state index contributed by atoms with van der Waals surface area (Å²) in [6.07, 6.45) is 10.6. The number of nitrogens with one attached hydrogen (secondary N) is 2. The molecule has 0 aromatic heterocycles. The third-order valence-electron chi connectivity index (χ3n) is 5.70. The Labute approximate surface area is 215 Å². The highest BCUT2D eigenvalue weighted by Crippen LogP contribution is 2.08. The lowest BCUT2D eigenvalue weighted by Crippen LogP contribution is -2.21. The number of rotatable bonds is 0. The molecule has 0 atom stereocenters. The lowest BCUT2D eigenvalue weighted by molar-refractivity contribution is -0.145. The second-order valence-electron chi connectivity index (χ2n) is 9.24. The van der Waals surface area contributed by atoms with Gasteiger partial charge in [0.15, 0.2) is 0 Å². The van der Waals surface area contributed by atoms with Crippen LogP contribution >= 0.6 is 0 Å². The average molecular weight is 509 g/mol. The smallest absolute Gasteiger partial charge is 0.305 e. The van der Waals surface area contributed by atoms with Crippen molar-refractivity contribution in [3.05, 3.63) is 0 Å². The topological polar surface area (TPSA) is 136 Å². The van der Waals surface area contributed by atoms with Gasteiger partial charge in [-0.1, -0.05) is 25.7 Å². The lowest BCUT2D eigenvalue weighted by atomic mass is 10.1. The highest BCUT2D eigenvalue weighted by Gasteiger charge is 2.08.